The zero-order valence-corrected chi connectivity index (χ0v) is 19.2. The molecule has 1 amide bonds. The number of thiophene rings is 1. The molecular weight excluding hydrogens is 465 g/mol. The molecule has 0 aliphatic carbocycles. The Morgan fingerprint density at radius 1 is 1.09 bits per heavy atom. The van der Waals surface area contributed by atoms with Gasteiger partial charge in [0.05, 0.1) is 23.8 Å². The van der Waals surface area contributed by atoms with Crippen LogP contribution in [0.2, 0.25) is 0 Å². The summed E-state index contributed by atoms with van der Waals surface area (Å²) in [6.07, 6.45) is -4.32. The van der Waals surface area contributed by atoms with Gasteiger partial charge in [-0.3, -0.25) is 4.79 Å². The number of benzene rings is 2. The Morgan fingerprint density at radius 2 is 1.79 bits per heavy atom. The van der Waals surface area contributed by atoms with Crippen LogP contribution < -0.4 is 10.1 Å². The molecule has 4 rings (SSSR count). The Kier molecular flexibility index (Phi) is 6.69. The second kappa shape index (κ2) is 9.68. The topological polar surface area (TPSA) is 69.0 Å². The van der Waals surface area contributed by atoms with Crippen LogP contribution in [0.4, 0.5) is 18.9 Å². The lowest BCUT2D eigenvalue weighted by Crippen LogP contribution is -2.13. The number of aromatic nitrogens is 3. The first-order chi connectivity index (χ1) is 16.2. The molecule has 1 N–H and O–H groups in total. The number of hydrogen-bond donors (Lipinski definition) is 1. The first-order valence-corrected chi connectivity index (χ1v) is 11.3. The number of rotatable bonds is 7. The summed E-state index contributed by atoms with van der Waals surface area (Å²) in [5, 5.41) is 9.15. The zero-order valence-electron chi connectivity index (χ0n) is 18.3. The summed E-state index contributed by atoms with van der Waals surface area (Å²) in [7, 11) is 0. The van der Waals surface area contributed by atoms with Crippen molar-refractivity contribution in [2.45, 2.75) is 32.5 Å². The average molecular weight is 487 g/mol. The van der Waals surface area contributed by atoms with Crippen LogP contribution in [0.25, 0.3) is 17.1 Å². The summed E-state index contributed by atoms with van der Waals surface area (Å²) in [5.41, 5.74) is 0.925. The van der Waals surface area contributed by atoms with E-state index in [4.69, 9.17) is 4.74 Å². The highest BCUT2D eigenvalue weighted by atomic mass is 32.1. The minimum atomic E-state index is -4.43. The van der Waals surface area contributed by atoms with E-state index in [-0.39, 0.29) is 24.4 Å². The SMILES string of the molecule is CC(C)Oc1nc(-c2ccc(C(F)(F)F)cc2)n(-c2ccc(NC(=O)Cc3cccs3)cc2)n1. The molecule has 0 spiro atoms. The quantitative estimate of drug-likeness (QED) is 0.349. The lowest BCUT2D eigenvalue weighted by atomic mass is 10.1. The molecule has 2 heterocycles. The highest BCUT2D eigenvalue weighted by Gasteiger charge is 2.30. The minimum Gasteiger partial charge on any atom is -0.460 e. The summed E-state index contributed by atoms with van der Waals surface area (Å²) < 4.78 is 46.0. The summed E-state index contributed by atoms with van der Waals surface area (Å²) in [4.78, 5) is 17.6. The number of ether oxygens (including phenoxy) is 1. The van der Waals surface area contributed by atoms with Gasteiger partial charge >= 0.3 is 12.2 Å². The van der Waals surface area contributed by atoms with E-state index in [1.54, 1.807) is 24.3 Å². The number of anilines is 1. The van der Waals surface area contributed by atoms with Gasteiger partial charge in [0.1, 0.15) is 0 Å². The molecular formula is C24H21F3N4O2S. The van der Waals surface area contributed by atoms with E-state index in [9.17, 15) is 18.0 Å². The minimum absolute atomic E-state index is 0.109. The van der Waals surface area contributed by atoms with Crippen molar-refractivity contribution in [3.8, 4) is 23.1 Å². The molecule has 0 saturated carbocycles. The van der Waals surface area contributed by atoms with Crippen molar-refractivity contribution in [1.29, 1.82) is 0 Å². The molecule has 0 radical (unpaired) electrons. The fourth-order valence-corrected chi connectivity index (χ4v) is 3.90. The van der Waals surface area contributed by atoms with E-state index in [0.717, 1.165) is 17.0 Å². The smallest absolute Gasteiger partial charge is 0.416 e. The largest absolute Gasteiger partial charge is 0.460 e. The van der Waals surface area contributed by atoms with Gasteiger partial charge in [0, 0.05) is 16.1 Å². The Labute approximate surface area is 198 Å². The summed E-state index contributed by atoms with van der Waals surface area (Å²) in [6, 6.07) is 15.5. The molecule has 0 bridgehead atoms. The highest BCUT2D eigenvalue weighted by molar-refractivity contribution is 7.10. The molecule has 2 aromatic heterocycles. The van der Waals surface area contributed by atoms with Crippen molar-refractivity contribution in [3.05, 3.63) is 76.5 Å². The summed E-state index contributed by atoms with van der Waals surface area (Å²) >= 11 is 1.52. The van der Waals surface area contributed by atoms with E-state index in [2.05, 4.69) is 15.4 Å². The summed E-state index contributed by atoms with van der Waals surface area (Å²) in [5.74, 6) is 0.202. The van der Waals surface area contributed by atoms with E-state index in [1.165, 1.54) is 28.2 Å². The molecule has 10 heteroatoms. The van der Waals surface area contributed by atoms with Crippen molar-refractivity contribution < 1.29 is 22.7 Å². The first-order valence-electron chi connectivity index (χ1n) is 10.4. The molecule has 4 aromatic rings. The standard InChI is InChI=1S/C24H21F3N4O2S/c1-15(2)33-23-29-22(16-5-7-17(8-6-16)24(25,26)27)31(30-23)19-11-9-18(10-12-19)28-21(32)14-20-4-3-13-34-20/h3-13,15H,14H2,1-2H3,(H,28,32). The Hall–Kier alpha value is -3.66. The number of nitrogens with one attached hydrogen (secondary N) is 1. The second-order valence-electron chi connectivity index (χ2n) is 7.72. The maximum absolute atomic E-state index is 13.0. The molecule has 0 aliphatic heterocycles. The number of nitrogens with zero attached hydrogens (tertiary/aromatic N) is 3. The van der Waals surface area contributed by atoms with Crippen molar-refractivity contribution >= 4 is 22.9 Å². The lowest BCUT2D eigenvalue weighted by molar-refractivity contribution is -0.137. The van der Waals surface area contributed by atoms with E-state index >= 15 is 0 Å². The number of amides is 1. The molecule has 0 atom stereocenters. The number of carbonyl (C=O) groups is 1. The number of hydrogen-bond acceptors (Lipinski definition) is 5. The monoisotopic (exact) mass is 486 g/mol. The zero-order chi connectivity index (χ0) is 24.3. The van der Waals surface area contributed by atoms with Gasteiger partial charge in [-0.1, -0.05) is 18.2 Å². The number of carbonyl (C=O) groups excluding carboxylic acids is 1. The molecule has 0 aliphatic rings. The predicted octanol–water partition coefficient (Wildman–Crippen LogP) is 5.98. The van der Waals surface area contributed by atoms with Gasteiger partial charge in [-0.15, -0.1) is 16.4 Å². The number of halogens is 3. The van der Waals surface area contributed by atoms with Gasteiger partial charge < -0.3 is 10.1 Å². The molecule has 2 aromatic carbocycles. The van der Waals surface area contributed by atoms with Crippen LogP contribution in [-0.4, -0.2) is 26.8 Å². The third-order valence-corrected chi connectivity index (χ3v) is 5.59. The van der Waals surface area contributed by atoms with Crippen molar-refractivity contribution in [2.24, 2.45) is 0 Å². The van der Waals surface area contributed by atoms with E-state index in [0.29, 0.717) is 22.8 Å². The van der Waals surface area contributed by atoms with Crippen LogP contribution in [-0.2, 0) is 17.4 Å². The van der Waals surface area contributed by atoms with E-state index < -0.39 is 11.7 Å². The molecule has 0 fully saturated rings. The van der Waals surface area contributed by atoms with Gasteiger partial charge in [-0.05, 0) is 61.7 Å². The van der Waals surface area contributed by atoms with Gasteiger partial charge in [0.15, 0.2) is 5.82 Å². The normalized spacial score (nSPS) is 11.6. The van der Waals surface area contributed by atoms with E-state index in [1.807, 2.05) is 31.4 Å². The van der Waals surface area contributed by atoms with Crippen LogP contribution in [0.5, 0.6) is 6.01 Å². The van der Waals surface area contributed by atoms with Crippen LogP contribution in [0.1, 0.15) is 24.3 Å². The maximum atomic E-state index is 13.0. The van der Waals surface area contributed by atoms with Crippen molar-refractivity contribution in [1.82, 2.24) is 14.8 Å². The summed E-state index contributed by atoms with van der Waals surface area (Å²) in [6.45, 7) is 3.65. The molecule has 0 unspecified atom stereocenters. The lowest BCUT2D eigenvalue weighted by Gasteiger charge is -2.10. The highest BCUT2D eigenvalue weighted by Crippen LogP contribution is 2.31. The Morgan fingerprint density at radius 3 is 2.38 bits per heavy atom. The van der Waals surface area contributed by atoms with Crippen LogP contribution in [0, 0.1) is 0 Å². The predicted molar refractivity (Wildman–Crippen MR) is 124 cm³/mol. The first kappa shape index (κ1) is 23.5. The van der Waals surface area contributed by atoms with Gasteiger partial charge in [0.2, 0.25) is 5.91 Å². The van der Waals surface area contributed by atoms with Gasteiger partial charge in [-0.2, -0.15) is 18.2 Å². The van der Waals surface area contributed by atoms with Crippen LogP contribution >= 0.6 is 11.3 Å². The average Bonchev–Trinajstić information content (AvgIpc) is 3.43. The number of alkyl halides is 3. The Balaban J connectivity index is 1.60. The Bertz CT molecular complexity index is 1250. The van der Waals surface area contributed by atoms with Gasteiger partial charge in [0.25, 0.3) is 0 Å². The molecule has 6 nitrogen and oxygen atoms in total. The third-order valence-electron chi connectivity index (χ3n) is 4.71. The van der Waals surface area contributed by atoms with Gasteiger partial charge in [-0.25, -0.2) is 4.68 Å². The van der Waals surface area contributed by atoms with Crippen LogP contribution in [0.15, 0.2) is 66.0 Å². The third kappa shape index (κ3) is 5.63. The maximum Gasteiger partial charge on any atom is 0.416 e. The molecule has 0 saturated heterocycles. The molecule has 34 heavy (non-hydrogen) atoms. The fourth-order valence-electron chi connectivity index (χ4n) is 3.19. The second-order valence-corrected chi connectivity index (χ2v) is 8.75. The van der Waals surface area contributed by atoms with Crippen molar-refractivity contribution in [2.75, 3.05) is 5.32 Å². The van der Waals surface area contributed by atoms with Crippen molar-refractivity contribution in [3.63, 3.8) is 0 Å². The fraction of sp³-hybridized carbons (Fsp3) is 0.208. The van der Waals surface area contributed by atoms with Crippen LogP contribution in [0.3, 0.4) is 0 Å². The molecule has 176 valence electrons.